The number of hydrogen-bond acceptors (Lipinski definition) is 4. The molecule has 1 aliphatic rings. The van der Waals surface area contributed by atoms with Gasteiger partial charge in [-0.25, -0.2) is 8.78 Å². The second kappa shape index (κ2) is 9.34. The van der Waals surface area contributed by atoms with Gasteiger partial charge in [0.1, 0.15) is 17.7 Å². The van der Waals surface area contributed by atoms with Crippen molar-refractivity contribution in [2.45, 2.75) is 44.2 Å². The molecule has 1 fully saturated rings. The van der Waals surface area contributed by atoms with E-state index in [1.165, 1.54) is 12.1 Å². The standard InChI is InChI=1S/C25H23F2N3O2/c1-15-12-18(10-11-28-15)24(30-32)14-22(21-9-6-19(26)13-23(21)27)16-2-4-17(5-3-16)25(31)29-20-7-8-20/h2-6,9-13,20,22,24H,7-8,14H2,1H3,(H,29,31). The molecule has 2 unspecified atom stereocenters. The van der Waals surface area contributed by atoms with E-state index in [0.717, 1.165) is 24.6 Å². The number of benzene rings is 2. The molecule has 2 atom stereocenters. The van der Waals surface area contributed by atoms with Crippen LogP contribution in [0.4, 0.5) is 8.78 Å². The lowest BCUT2D eigenvalue weighted by atomic mass is 9.84. The van der Waals surface area contributed by atoms with E-state index in [0.29, 0.717) is 16.7 Å². The first-order valence-electron chi connectivity index (χ1n) is 10.6. The molecule has 7 heteroatoms. The quantitative estimate of drug-likeness (QED) is 0.469. The fraction of sp³-hybridized carbons (Fsp3) is 0.280. The normalized spacial score (nSPS) is 15.1. The number of hydrogen-bond donors (Lipinski definition) is 1. The Morgan fingerprint density at radius 2 is 1.84 bits per heavy atom. The van der Waals surface area contributed by atoms with Gasteiger partial charge in [0.2, 0.25) is 0 Å². The largest absolute Gasteiger partial charge is 0.349 e. The van der Waals surface area contributed by atoms with Crippen molar-refractivity contribution in [3.05, 3.63) is 105 Å². The van der Waals surface area contributed by atoms with Crippen LogP contribution in [0.2, 0.25) is 0 Å². The van der Waals surface area contributed by atoms with E-state index >= 15 is 0 Å². The lowest BCUT2D eigenvalue weighted by molar-refractivity contribution is 0.0951. The number of nitrogens with one attached hydrogen (secondary N) is 1. The maximum atomic E-state index is 14.7. The summed E-state index contributed by atoms with van der Waals surface area (Å²) >= 11 is 0. The van der Waals surface area contributed by atoms with Crippen LogP contribution in [0.1, 0.15) is 64.0 Å². The van der Waals surface area contributed by atoms with Crippen LogP contribution in [0.3, 0.4) is 0 Å². The predicted octanol–water partition coefficient (Wildman–Crippen LogP) is 5.59. The van der Waals surface area contributed by atoms with Crippen molar-refractivity contribution in [3.8, 4) is 0 Å². The van der Waals surface area contributed by atoms with Gasteiger partial charge in [-0.05, 0) is 73.2 Å². The lowest BCUT2D eigenvalue weighted by Gasteiger charge is -2.22. The molecular weight excluding hydrogens is 412 g/mol. The highest BCUT2D eigenvalue weighted by Crippen LogP contribution is 2.37. The summed E-state index contributed by atoms with van der Waals surface area (Å²) in [5.74, 6) is -2.08. The molecule has 164 valence electrons. The van der Waals surface area contributed by atoms with Crippen LogP contribution in [-0.2, 0) is 0 Å². The summed E-state index contributed by atoms with van der Waals surface area (Å²) in [5, 5.41) is 6.22. The smallest absolute Gasteiger partial charge is 0.251 e. The molecule has 1 N–H and O–H groups in total. The summed E-state index contributed by atoms with van der Waals surface area (Å²) in [6.07, 6.45) is 3.77. The maximum absolute atomic E-state index is 14.7. The molecule has 4 rings (SSSR count). The van der Waals surface area contributed by atoms with Gasteiger partial charge in [-0.3, -0.25) is 9.78 Å². The lowest BCUT2D eigenvalue weighted by Crippen LogP contribution is -2.25. The molecule has 1 heterocycles. The van der Waals surface area contributed by atoms with Crippen molar-refractivity contribution in [2.24, 2.45) is 5.18 Å². The highest BCUT2D eigenvalue weighted by Gasteiger charge is 2.26. The average Bonchev–Trinajstić information content (AvgIpc) is 3.59. The fourth-order valence-corrected chi connectivity index (χ4v) is 3.83. The Morgan fingerprint density at radius 1 is 1.09 bits per heavy atom. The van der Waals surface area contributed by atoms with Crippen LogP contribution < -0.4 is 5.32 Å². The van der Waals surface area contributed by atoms with Crippen molar-refractivity contribution in [1.29, 1.82) is 0 Å². The molecule has 3 aromatic rings. The number of nitroso groups, excluding NO2 is 1. The van der Waals surface area contributed by atoms with E-state index in [-0.39, 0.29) is 23.9 Å². The Labute approximate surface area is 184 Å². The first-order valence-corrected chi connectivity index (χ1v) is 10.6. The molecule has 0 bridgehead atoms. The third-order valence-corrected chi connectivity index (χ3v) is 5.72. The van der Waals surface area contributed by atoms with Crippen molar-refractivity contribution in [3.63, 3.8) is 0 Å². The van der Waals surface area contributed by atoms with E-state index in [1.54, 1.807) is 42.6 Å². The Balaban J connectivity index is 1.67. The molecule has 5 nitrogen and oxygen atoms in total. The zero-order valence-electron chi connectivity index (χ0n) is 17.6. The monoisotopic (exact) mass is 435 g/mol. The van der Waals surface area contributed by atoms with E-state index < -0.39 is 23.6 Å². The Bertz CT molecular complexity index is 1130. The first kappa shape index (κ1) is 21.7. The highest BCUT2D eigenvalue weighted by atomic mass is 19.1. The number of nitrogens with zero attached hydrogens (tertiary/aromatic N) is 2. The van der Waals surface area contributed by atoms with Crippen LogP contribution >= 0.6 is 0 Å². The molecule has 1 amide bonds. The van der Waals surface area contributed by atoms with Gasteiger partial charge >= 0.3 is 0 Å². The minimum absolute atomic E-state index is 0.150. The van der Waals surface area contributed by atoms with Crippen LogP contribution in [0.25, 0.3) is 0 Å². The zero-order chi connectivity index (χ0) is 22.7. The van der Waals surface area contributed by atoms with Crippen LogP contribution in [0, 0.1) is 23.5 Å². The number of halogens is 2. The minimum Gasteiger partial charge on any atom is -0.349 e. The molecule has 1 aliphatic carbocycles. The molecule has 0 spiro atoms. The van der Waals surface area contributed by atoms with Crippen LogP contribution in [0.5, 0.6) is 0 Å². The Kier molecular flexibility index (Phi) is 6.35. The fourth-order valence-electron chi connectivity index (χ4n) is 3.83. The first-order chi connectivity index (χ1) is 15.4. The Hall–Kier alpha value is -3.48. The summed E-state index contributed by atoms with van der Waals surface area (Å²) in [7, 11) is 0. The molecule has 32 heavy (non-hydrogen) atoms. The summed E-state index contributed by atoms with van der Waals surface area (Å²) in [6, 6.07) is 13.3. The number of rotatable bonds is 8. The van der Waals surface area contributed by atoms with E-state index in [9.17, 15) is 18.5 Å². The summed E-state index contributed by atoms with van der Waals surface area (Å²) in [6.45, 7) is 1.81. The number of amides is 1. The van der Waals surface area contributed by atoms with Gasteiger partial charge in [-0.2, -0.15) is 4.91 Å². The Morgan fingerprint density at radius 3 is 2.47 bits per heavy atom. The van der Waals surface area contributed by atoms with Crippen molar-refractivity contribution < 1.29 is 13.6 Å². The third kappa shape index (κ3) is 5.04. The SMILES string of the molecule is Cc1cc(C(CC(c2ccc(C(=O)NC3CC3)cc2)c2ccc(F)cc2F)N=O)ccn1. The maximum Gasteiger partial charge on any atom is 0.251 e. The molecule has 0 aliphatic heterocycles. The molecular formula is C25H23F2N3O2. The third-order valence-electron chi connectivity index (χ3n) is 5.72. The van der Waals surface area contributed by atoms with E-state index in [4.69, 9.17) is 0 Å². The van der Waals surface area contributed by atoms with Gasteiger partial charge in [-0.15, -0.1) is 0 Å². The van der Waals surface area contributed by atoms with Gasteiger partial charge in [0.25, 0.3) is 5.91 Å². The highest BCUT2D eigenvalue weighted by molar-refractivity contribution is 5.94. The van der Waals surface area contributed by atoms with Crippen molar-refractivity contribution >= 4 is 5.91 Å². The van der Waals surface area contributed by atoms with Gasteiger partial charge in [0, 0.05) is 35.5 Å². The minimum atomic E-state index is -0.746. The molecule has 1 aromatic heterocycles. The van der Waals surface area contributed by atoms with Gasteiger partial charge in [-0.1, -0.05) is 23.4 Å². The summed E-state index contributed by atoms with van der Waals surface area (Å²) in [4.78, 5) is 28.2. The summed E-state index contributed by atoms with van der Waals surface area (Å²) < 4.78 is 28.3. The zero-order valence-corrected chi connectivity index (χ0v) is 17.6. The summed E-state index contributed by atoms with van der Waals surface area (Å²) in [5.41, 5.74) is 2.90. The number of pyridine rings is 1. The molecule has 0 saturated heterocycles. The number of carbonyl (C=O) groups excluding carboxylic acids is 1. The van der Waals surface area contributed by atoms with Crippen LogP contribution in [0.15, 0.2) is 66.0 Å². The van der Waals surface area contributed by atoms with Crippen molar-refractivity contribution in [1.82, 2.24) is 10.3 Å². The molecule has 0 radical (unpaired) electrons. The average molecular weight is 435 g/mol. The van der Waals surface area contributed by atoms with Gasteiger partial charge < -0.3 is 5.32 Å². The van der Waals surface area contributed by atoms with E-state index in [1.807, 2.05) is 6.92 Å². The number of aryl methyl sites for hydroxylation is 1. The number of carbonyl (C=O) groups is 1. The number of aromatic nitrogens is 1. The second-order valence-electron chi connectivity index (χ2n) is 8.18. The van der Waals surface area contributed by atoms with Crippen LogP contribution in [-0.4, -0.2) is 16.9 Å². The van der Waals surface area contributed by atoms with Gasteiger partial charge in [0.15, 0.2) is 0 Å². The second-order valence-corrected chi connectivity index (χ2v) is 8.18. The van der Waals surface area contributed by atoms with Crippen molar-refractivity contribution in [2.75, 3.05) is 0 Å². The molecule has 2 aromatic carbocycles. The van der Waals surface area contributed by atoms with Gasteiger partial charge in [0.05, 0.1) is 0 Å². The molecule has 1 saturated carbocycles. The predicted molar refractivity (Wildman–Crippen MR) is 117 cm³/mol. The topological polar surface area (TPSA) is 71.4 Å². The van der Waals surface area contributed by atoms with E-state index in [2.05, 4.69) is 15.5 Å².